The molecule has 0 bridgehead atoms. The first-order chi connectivity index (χ1) is 24.3. The molecule has 0 aliphatic rings. The number of aromatic nitrogens is 5. The second kappa shape index (κ2) is 9.89. The van der Waals surface area contributed by atoms with Crippen LogP contribution in [0, 0.1) is 0 Å². The van der Waals surface area contributed by atoms with Crippen LogP contribution in [-0.2, 0) is 0 Å². The number of nitrogens with zero attached hydrogens (tertiary/aromatic N) is 5. The van der Waals surface area contributed by atoms with Gasteiger partial charge in [-0.25, -0.2) is 9.97 Å². The number of fused-ring (bicyclic) bond motifs is 11. The number of hydrogen-bond acceptors (Lipinski definition) is 2. The highest BCUT2D eigenvalue weighted by atomic mass is 15.2. The second-order valence-corrected chi connectivity index (χ2v) is 12.7. The molecule has 0 aliphatic carbocycles. The van der Waals surface area contributed by atoms with Gasteiger partial charge in [-0.2, -0.15) is 0 Å². The summed E-state index contributed by atoms with van der Waals surface area (Å²) in [6, 6.07) is 58.3. The smallest absolute Gasteiger partial charge is 0.221 e. The minimum Gasteiger partial charge on any atom is -0.309 e. The Morgan fingerprint density at radius 3 is 1.55 bits per heavy atom. The molecule has 0 spiro atoms. The van der Waals surface area contributed by atoms with E-state index in [0.717, 1.165) is 50.3 Å². The molecule has 228 valence electrons. The van der Waals surface area contributed by atoms with Gasteiger partial charge in [0.25, 0.3) is 0 Å². The minimum absolute atomic E-state index is 0.830. The SMILES string of the molecule is c1ccc2c(c1)nc(-n1c3ccccc3c3cc(-c4ccc(-n5c6ccccc6c6ccccc65)cc4)ccc31)n1c3ccccc3nc21. The predicted octanol–water partition coefficient (Wildman–Crippen LogP) is 10.9. The van der Waals surface area contributed by atoms with Gasteiger partial charge in [-0.3, -0.25) is 8.97 Å². The van der Waals surface area contributed by atoms with Crippen LogP contribution in [0.2, 0.25) is 0 Å². The van der Waals surface area contributed by atoms with E-state index in [1.807, 2.05) is 12.1 Å². The Morgan fingerprint density at radius 1 is 0.347 bits per heavy atom. The zero-order valence-corrected chi connectivity index (χ0v) is 26.3. The van der Waals surface area contributed by atoms with Crippen LogP contribution >= 0.6 is 0 Å². The predicted molar refractivity (Wildman–Crippen MR) is 202 cm³/mol. The summed E-state index contributed by atoms with van der Waals surface area (Å²) in [5.74, 6) is 0.830. The van der Waals surface area contributed by atoms with Crippen LogP contribution in [-0.4, -0.2) is 23.5 Å². The average molecular weight is 626 g/mol. The lowest BCUT2D eigenvalue weighted by Gasteiger charge is -2.12. The normalized spacial score (nSPS) is 12.1. The van der Waals surface area contributed by atoms with Crippen molar-refractivity contribution >= 4 is 71.2 Å². The van der Waals surface area contributed by atoms with Crippen LogP contribution in [0.15, 0.2) is 164 Å². The average Bonchev–Trinajstić information content (AvgIpc) is 3.83. The van der Waals surface area contributed by atoms with Crippen molar-refractivity contribution in [2.75, 3.05) is 0 Å². The van der Waals surface area contributed by atoms with Gasteiger partial charge in [0.15, 0.2) is 0 Å². The highest BCUT2D eigenvalue weighted by Gasteiger charge is 2.20. The molecule has 0 radical (unpaired) electrons. The van der Waals surface area contributed by atoms with E-state index in [9.17, 15) is 0 Å². The summed E-state index contributed by atoms with van der Waals surface area (Å²) < 4.78 is 6.88. The lowest BCUT2D eigenvalue weighted by atomic mass is 10.0. The van der Waals surface area contributed by atoms with Crippen molar-refractivity contribution in [1.29, 1.82) is 0 Å². The number of hydrogen-bond donors (Lipinski definition) is 0. The third-order valence-electron chi connectivity index (χ3n) is 10.0. The van der Waals surface area contributed by atoms with Crippen molar-refractivity contribution < 1.29 is 0 Å². The van der Waals surface area contributed by atoms with Gasteiger partial charge < -0.3 is 4.57 Å². The molecule has 11 aromatic rings. The lowest BCUT2D eigenvalue weighted by molar-refractivity contribution is 0.979. The number of benzene rings is 7. The van der Waals surface area contributed by atoms with Crippen molar-refractivity contribution in [1.82, 2.24) is 23.5 Å². The van der Waals surface area contributed by atoms with E-state index in [-0.39, 0.29) is 0 Å². The van der Waals surface area contributed by atoms with Crippen LogP contribution < -0.4 is 0 Å². The number of imidazole rings is 1. The Morgan fingerprint density at radius 2 is 0.857 bits per heavy atom. The van der Waals surface area contributed by atoms with E-state index >= 15 is 0 Å². The first kappa shape index (κ1) is 26.4. The fraction of sp³-hybridized carbons (Fsp3) is 0. The molecule has 0 saturated carbocycles. The van der Waals surface area contributed by atoms with Gasteiger partial charge in [0.2, 0.25) is 5.95 Å². The molecule has 5 heteroatoms. The van der Waals surface area contributed by atoms with Crippen LogP contribution in [0.3, 0.4) is 0 Å². The molecule has 0 amide bonds. The van der Waals surface area contributed by atoms with Gasteiger partial charge in [0.05, 0.1) is 38.6 Å². The summed E-state index contributed by atoms with van der Waals surface area (Å²) in [6.45, 7) is 0. The van der Waals surface area contributed by atoms with Gasteiger partial charge >= 0.3 is 0 Å². The van der Waals surface area contributed by atoms with E-state index in [0.29, 0.717) is 0 Å². The molecular formula is C44H27N5. The molecule has 0 atom stereocenters. The maximum absolute atomic E-state index is 5.31. The molecule has 0 N–H and O–H groups in total. The van der Waals surface area contributed by atoms with Crippen LogP contribution in [0.5, 0.6) is 0 Å². The number of para-hydroxylation sites is 6. The third kappa shape index (κ3) is 3.70. The minimum atomic E-state index is 0.830. The Labute approximate surface area is 280 Å². The molecule has 7 aromatic carbocycles. The van der Waals surface area contributed by atoms with Crippen LogP contribution in [0.4, 0.5) is 0 Å². The van der Waals surface area contributed by atoms with E-state index < -0.39 is 0 Å². The Kier molecular flexibility index (Phi) is 5.32. The largest absolute Gasteiger partial charge is 0.309 e. The summed E-state index contributed by atoms with van der Waals surface area (Å²) in [6.07, 6.45) is 0. The zero-order valence-electron chi connectivity index (χ0n) is 26.3. The van der Waals surface area contributed by atoms with Crippen molar-refractivity contribution in [3.05, 3.63) is 164 Å². The van der Waals surface area contributed by atoms with Crippen molar-refractivity contribution in [2.24, 2.45) is 0 Å². The van der Waals surface area contributed by atoms with Crippen molar-refractivity contribution in [3.8, 4) is 22.8 Å². The van der Waals surface area contributed by atoms with Crippen molar-refractivity contribution in [3.63, 3.8) is 0 Å². The molecule has 0 fully saturated rings. The van der Waals surface area contributed by atoms with E-state index in [4.69, 9.17) is 9.97 Å². The molecule has 0 unspecified atom stereocenters. The monoisotopic (exact) mass is 625 g/mol. The van der Waals surface area contributed by atoms with Gasteiger partial charge in [0.1, 0.15) is 5.65 Å². The zero-order chi connectivity index (χ0) is 32.1. The molecular weight excluding hydrogens is 599 g/mol. The first-order valence-corrected chi connectivity index (χ1v) is 16.6. The standard InChI is InChI=1S/C44H27N5/c1-5-15-36-34(14-1)43-45-37-16-6-10-20-42(37)49(43)44(46-36)48-40-19-9-4-13-33(40)35-27-29(23-26-41(35)48)28-21-24-30(25-22-28)47-38-17-7-2-11-31(38)32-12-3-8-18-39(32)47/h1-27H. The van der Waals surface area contributed by atoms with Gasteiger partial charge in [-0.1, -0.05) is 97.1 Å². The van der Waals surface area contributed by atoms with E-state index in [2.05, 4.69) is 165 Å². The highest BCUT2D eigenvalue weighted by Crippen LogP contribution is 2.37. The lowest BCUT2D eigenvalue weighted by Crippen LogP contribution is -2.06. The van der Waals surface area contributed by atoms with E-state index in [1.165, 1.54) is 43.7 Å². The number of rotatable bonds is 3. The van der Waals surface area contributed by atoms with Gasteiger partial charge in [-0.05, 0) is 77.9 Å². The molecule has 4 aromatic heterocycles. The first-order valence-electron chi connectivity index (χ1n) is 16.6. The van der Waals surface area contributed by atoms with Gasteiger partial charge in [-0.15, -0.1) is 0 Å². The Hall–Kier alpha value is -6.72. The maximum atomic E-state index is 5.31. The Bertz CT molecular complexity index is 3050. The quantitative estimate of drug-likeness (QED) is 0.196. The van der Waals surface area contributed by atoms with Crippen LogP contribution in [0.25, 0.3) is 94.0 Å². The molecule has 0 aliphatic heterocycles. The fourth-order valence-electron chi connectivity index (χ4n) is 7.85. The summed E-state index contributed by atoms with van der Waals surface area (Å²) in [4.78, 5) is 10.4. The van der Waals surface area contributed by atoms with E-state index in [1.54, 1.807) is 0 Å². The molecule has 49 heavy (non-hydrogen) atoms. The molecule has 5 nitrogen and oxygen atoms in total. The van der Waals surface area contributed by atoms with Gasteiger partial charge in [0, 0.05) is 32.6 Å². The Balaban J connectivity index is 1.11. The highest BCUT2D eigenvalue weighted by molar-refractivity contribution is 6.11. The molecule has 11 rings (SSSR count). The summed E-state index contributed by atoms with van der Waals surface area (Å²) >= 11 is 0. The third-order valence-corrected chi connectivity index (χ3v) is 10.0. The second-order valence-electron chi connectivity index (χ2n) is 12.7. The van der Waals surface area contributed by atoms with Crippen LogP contribution in [0.1, 0.15) is 0 Å². The summed E-state index contributed by atoms with van der Waals surface area (Å²) in [5.41, 5.74) is 12.0. The maximum Gasteiger partial charge on any atom is 0.221 e. The fourth-order valence-corrected chi connectivity index (χ4v) is 7.85. The summed E-state index contributed by atoms with van der Waals surface area (Å²) in [7, 11) is 0. The molecule has 4 heterocycles. The summed E-state index contributed by atoms with van der Waals surface area (Å²) in [5, 5.41) is 5.95. The topological polar surface area (TPSA) is 40.0 Å². The van der Waals surface area contributed by atoms with Crippen molar-refractivity contribution in [2.45, 2.75) is 0 Å². The molecule has 0 saturated heterocycles.